The summed E-state index contributed by atoms with van der Waals surface area (Å²) < 4.78 is 7.50. The molecule has 4 nitrogen and oxygen atoms in total. The van der Waals surface area contributed by atoms with Crippen LogP contribution < -0.4 is 4.74 Å². The molecule has 0 spiro atoms. The van der Waals surface area contributed by atoms with E-state index in [1.165, 1.54) is 5.56 Å². The number of fused-ring (bicyclic) bond motifs is 1. The molecule has 0 amide bonds. The molecule has 0 radical (unpaired) electrons. The Bertz CT molecular complexity index is 749. The summed E-state index contributed by atoms with van der Waals surface area (Å²) in [7, 11) is 1.69. The summed E-state index contributed by atoms with van der Waals surface area (Å²) in [6, 6.07) is 12.1. The maximum atomic E-state index is 5.30. The molecule has 2 aromatic heterocycles. The van der Waals surface area contributed by atoms with Crippen LogP contribution in [0.25, 0.3) is 11.2 Å². The number of aromatic nitrogens is 3. The lowest BCUT2D eigenvalue weighted by Gasteiger charge is -2.09. The van der Waals surface area contributed by atoms with Gasteiger partial charge in [-0.1, -0.05) is 19.1 Å². The summed E-state index contributed by atoms with van der Waals surface area (Å²) in [6.07, 6.45) is 3.85. The van der Waals surface area contributed by atoms with E-state index in [1.54, 1.807) is 7.11 Å². The summed E-state index contributed by atoms with van der Waals surface area (Å²) in [5.41, 5.74) is 3.10. The van der Waals surface area contributed by atoms with Crippen molar-refractivity contribution in [1.29, 1.82) is 0 Å². The Balaban J connectivity index is 2.03. The normalized spacial score (nSPS) is 11.0. The first-order chi connectivity index (χ1) is 10.3. The van der Waals surface area contributed by atoms with E-state index in [-0.39, 0.29) is 0 Å². The van der Waals surface area contributed by atoms with E-state index in [9.17, 15) is 0 Å². The molecule has 2 heterocycles. The standard InChI is InChI=1S/C17H19N3O/c1-3-6-16-19-15-9-5-10-18-17(15)20(16)12-13-7-4-8-14(11-13)21-2/h4-5,7-11H,3,6,12H2,1-2H3. The smallest absolute Gasteiger partial charge is 0.160 e. The molecule has 0 saturated heterocycles. The van der Waals surface area contributed by atoms with Crippen LogP contribution in [0, 0.1) is 0 Å². The van der Waals surface area contributed by atoms with Crippen LogP contribution in [0.4, 0.5) is 0 Å². The maximum Gasteiger partial charge on any atom is 0.160 e. The second-order valence-electron chi connectivity index (χ2n) is 5.06. The van der Waals surface area contributed by atoms with Crippen molar-refractivity contribution in [3.8, 4) is 5.75 Å². The van der Waals surface area contributed by atoms with Crippen molar-refractivity contribution in [3.05, 3.63) is 54.0 Å². The van der Waals surface area contributed by atoms with Gasteiger partial charge in [0.1, 0.15) is 17.1 Å². The minimum absolute atomic E-state index is 0.764. The highest BCUT2D eigenvalue weighted by Crippen LogP contribution is 2.19. The molecule has 0 saturated carbocycles. The van der Waals surface area contributed by atoms with Crippen LogP contribution in [-0.4, -0.2) is 21.6 Å². The minimum Gasteiger partial charge on any atom is -0.497 e. The first kappa shape index (κ1) is 13.6. The molecule has 0 aliphatic carbocycles. The molecule has 0 aliphatic heterocycles. The van der Waals surface area contributed by atoms with E-state index in [1.807, 2.05) is 30.5 Å². The first-order valence-corrected chi connectivity index (χ1v) is 7.25. The van der Waals surface area contributed by atoms with Crippen LogP contribution in [-0.2, 0) is 13.0 Å². The van der Waals surface area contributed by atoms with E-state index < -0.39 is 0 Å². The minimum atomic E-state index is 0.764. The van der Waals surface area contributed by atoms with E-state index in [0.29, 0.717) is 0 Å². The van der Waals surface area contributed by atoms with E-state index >= 15 is 0 Å². The lowest BCUT2D eigenvalue weighted by molar-refractivity contribution is 0.414. The summed E-state index contributed by atoms with van der Waals surface area (Å²) in [6.45, 7) is 2.93. The van der Waals surface area contributed by atoms with Crippen LogP contribution in [0.15, 0.2) is 42.6 Å². The fraction of sp³-hybridized carbons (Fsp3) is 0.294. The van der Waals surface area contributed by atoms with Gasteiger partial charge in [-0.2, -0.15) is 0 Å². The van der Waals surface area contributed by atoms with Crippen LogP contribution >= 0.6 is 0 Å². The number of methoxy groups -OCH3 is 1. The van der Waals surface area contributed by atoms with Crippen molar-refractivity contribution in [1.82, 2.24) is 14.5 Å². The lowest BCUT2D eigenvalue weighted by atomic mass is 10.2. The third-order valence-corrected chi connectivity index (χ3v) is 3.53. The molecule has 0 bridgehead atoms. The number of pyridine rings is 1. The third-order valence-electron chi connectivity index (χ3n) is 3.53. The average molecular weight is 281 g/mol. The van der Waals surface area contributed by atoms with Gasteiger partial charge in [-0.15, -0.1) is 0 Å². The van der Waals surface area contributed by atoms with Crippen molar-refractivity contribution in [3.63, 3.8) is 0 Å². The van der Waals surface area contributed by atoms with E-state index in [2.05, 4.69) is 28.6 Å². The molecule has 0 unspecified atom stereocenters. The zero-order chi connectivity index (χ0) is 14.7. The molecular formula is C17H19N3O. The van der Waals surface area contributed by atoms with Crippen molar-refractivity contribution in [2.45, 2.75) is 26.3 Å². The Labute approximate surface area is 124 Å². The SMILES string of the molecule is CCCc1nc2cccnc2n1Cc1cccc(OC)c1. The zero-order valence-corrected chi connectivity index (χ0v) is 12.4. The molecule has 21 heavy (non-hydrogen) atoms. The second kappa shape index (κ2) is 5.95. The van der Waals surface area contributed by atoms with Crippen molar-refractivity contribution >= 4 is 11.2 Å². The van der Waals surface area contributed by atoms with Gasteiger partial charge in [-0.25, -0.2) is 9.97 Å². The molecule has 0 fully saturated rings. The summed E-state index contributed by atoms with van der Waals surface area (Å²) >= 11 is 0. The summed E-state index contributed by atoms with van der Waals surface area (Å²) in [4.78, 5) is 9.20. The number of hydrogen-bond donors (Lipinski definition) is 0. The third kappa shape index (κ3) is 2.75. The summed E-state index contributed by atoms with van der Waals surface area (Å²) in [5.74, 6) is 1.97. The largest absolute Gasteiger partial charge is 0.497 e. The van der Waals surface area contributed by atoms with Gasteiger partial charge in [0.2, 0.25) is 0 Å². The number of rotatable bonds is 5. The average Bonchev–Trinajstić information content (AvgIpc) is 2.86. The van der Waals surface area contributed by atoms with Crippen LogP contribution in [0.1, 0.15) is 24.7 Å². The molecule has 4 heteroatoms. The monoisotopic (exact) mass is 281 g/mol. The Morgan fingerprint density at radius 1 is 1.19 bits per heavy atom. The molecule has 0 N–H and O–H groups in total. The van der Waals surface area contributed by atoms with Crippen LogP contribution in [0.3, 0.4) is 0 Å². The number of benzene rings is 1. The Kier molecular flexibility index (Phi) is 3.86. The van der Waals surface area contributed by atoms with Crippen LogP contribution in [0.2, 0.25) is 0 Å². The van der Waals surface area contributed by atoms with Gasteiger partial charge in [0.25, 0.3) is 0 Å². The maximum absolute atomic E-state index is 5.30. The Hall–Kier alpha value is -2.36. The molecule has 108 valence electrons. The van der Waals surface area contributed by atoms with Gasteiger partial charge in [0, 0.05) is 12.6 Å². The Morgan fingerprint density at radius 3 is 2.90 bits per heavy atom. The van der Waals surface area contributed by atoms with E-state index in [0.717, 1.165) is 42.1 Å². The highest BCUT2D eigenvalue weighted by atomic mass is 16.5. The summed E-state index contributed by atoms with van der Waals surface area (Å²) in [5, 5.41) is 0. The number of hydrogen-bond acceptors (Lipinski definition) is 3. The van der Waals surface area contributed by atoms with Crippen LogP contribution in [0.5, 0.6) is 5.75 Å². The highest BCUT2D eigenvalue weighted by Gasteiger charge is 2.11. The molecule has 1 aromatic carbocycles. The van der Waals surface area contributed by atoms with Gasteiger partial charge >= 0.3 is 0 Å². The quantitative estimate of drug-likeness (QED) is 0.719. The topological polar surface area (TPSA) is 39.9 Å². The predicted octanol–water partition coefficient (Wildman–Crippen LogP) is 3.44. The second-order valence-corrected chi connectivity index (χ2v) is 5.06. The zero-order valence-electron chi connectivity index (χ0n) is 12.4. The molecule has 3 rings (SSSR count). The van der Waals surface area contributed by atoms with Gasteiger partial charge < -0.3 is 9.30 Å². The van der Waals surface area contributed by atoms with E-state index in [4.69, 9.17) is 9.72 Å². The molecular weight excluding hydrogens is 262 g/mol. The van der Waals surface area contributed by atoms with Crippen molar-refractivity contribution < 1.29 is 4.74 Å². The lowest BCUT2D eigenvalue weighted by Crippen LogP contribution is -2.06. The highest BCUT2D eigenvalue weighted by molar-refractivity contribution is 5.71. The van der Waals surface area contributed by atoms with Crippen molar-refractivity contribution in [2.75, 3.05) is 7.11 Å². The number of aryl methyl sites for hydroxylation is 1. The molecule has 0 aliphatic rings. The number of ether oxygens (including phenoxy) is 1. The number of imidazole rings is 1. The molecule has 0 atom stereocenters. The van der Waals surface area contributed by atoms with Gasteiger partial charge in [0.05, 0.1) is 13.7 Å². The van der Waals surface area contributed by atoms with Gasteiger partial charge in [-0.05, 0) is 36.2 Å². The number of nitrogens with zero attached hydrogens (tertiary/aromatic N) is 3. The Morgan fingerprint density at radius 2 is 2.10 bits per heavy atom. The fourth-order valence-corrected chi connectivity index (χ4v) is 2.54. The van der Waals surface area contributed by atoms with Crippen molar-refractivity contribution in [2.24, 2.45) is 0 Å². The predicted molar refractivity (Wildman–Crippen MR) is 83.6 cm³/mol. The molecule has 3 aromatic rings. The van der Waals surface area contributed by atoms with Gasteiger partial charge in [0.15, 0.2) is 5.65 Å². The fourth-order valence-electron chi connectivity index (χ4n) is 2.54. The van der Waals surface area contributed by atoms with Gasteiger partial charge in [-0.3, -0.25) is 0 Å². The first-order valence-electron chi connectivity index (χ1n) is 7.25.